The van der Waals surface area contributed by atoms with Crippen LogP contribution in [-0.2, 0) is 20.7 Å². The summed E-state index contributed by atoms with van der Waals surface area (Å²) in [6.07, 6.45) is 0.250. The quantitative estimate of drug-likeness (QED) is 0.613. The van der Waals surface area contributed by atoms with Crippen LogP contribution in [0.4, 0.5) is 0 Å². The van der Waals surface area contributed by atoms with Gasteiger partial charge in [0.1, 0.15) is 11.2 Å². The van der Waals surface area contributed by atoms with Gasteiger partial charge in [-0.25, -0.2) is 0 Å². The first-order valence-corrected chi connectivity index (χ1v) is 7.23. The lowest BCUT2D eigenvalue weighted by Crippen LogP contribution is -2.48. The van der Waals surface area contributed by atoms with Gasteiger partial charge in [0.25, 0.3) is 0 Å². The highest BCUT2D eigenvalue weighted by Gasteiger charge is 2.44. The lowest BCUT2D eigenvalue weighted by atomic mass is 9.77. The molecule has 0 bridgehead atoms. The molecule has 0 fully saturated rings. The van der Waals surface area contributed by atoms with E-state index >= 15 is 0 Å². The average Bonchev–Trinajstić information content (AvgIpc) is 2.48. The van der Waals surface area contributed by atoms with Crippen LogP contribution in [0.2, 0.25) is 0 Å². The topological polar surface area (TPSA) is 79.2 Å². The van der Waals surface area contributed by atoms with Gasteiger partial charge in [-0.1, -0.05) is 6.07 Å². The smallest absolute Gasteiger partial charge is 0.321 e. The van der Waals surface area contributed by atoms with Crippen LogP contribution in [0.25, 0.3) is 0 Å². The molecule has 118 valence electrons. The third-order valence-electron chi connectivity index (χ3n) is 3.78. The zero-order valence-electron chi connectivity index (χ0n) is 13.5. The number of ketones is 1. The number of rotatable bonds is 7. The number of carbonyl (C=O) groups is 2. The number of nitrogens with zero attached hydrogens (tertiary/aromatic N) is 1. The van der Waals surface area contributed by atoms with Crippen LogP contribution in [0.5, 0.6) is 0 Å². The molecule has 0 aliphatic heterocycles. The summed E-state index contributed by atoms with van der Waals surface area (Å²) in [6, 6.07) is 7.32. The zero-order chi connectivity index (χ0) is 16.8. The highest BCUT2D eigenvalue weighted by Crippen LogP contribution is 2.28. The summed E-state index contributed by atoms with van der Waals surface area (Å²) in [7, 11) is 1.70. The molecular formula is C17H22N2O3. The summed E-state index contributed by atoms with van der Waals surface area (Å²) < 4.78 is 5.13. The van der Waals surface area contributed by atoms with Gasteiger partial charge < -0.3 is 10.1 Å². The summed E-state index contributed by atoms with van der Waals surface area (Å²) in [5, 5.41) is 11.8. The fourth-order valence-electron chi connectivity index (χ4n) is 2.46. The molecule has 1 aromatic carbocycles. The van der Waals surface area contributed by atoms with E-state index in [-0.39, 0.29) is 25.4 Å². The summed E-state index contributed by atoms with van der Waals surface area (Å²) in [5.41, 5.74) is 1.05. The SMILES string of the molecule is CCOC(=O)C(CNC)(Cc1ccc(C#N)cc1C)C(C)=O. The van der Waals surface area contributed by atoms with Crippen molar-refractivity contribution in [3.05, 3.63) is 34.9 Å². The zero-order valence-corrected chi connectivity index (χ0v) is 13.5. The Balaban J connectivity index is 3.26. The molecule has 1 rings (SSSR count). The molecule has 0 amide bonds. The Morgan fingerprint density at radius 2 is 2.09 bits per heavy atom. The summed E-state index contributed by atoms with van der Waals surface area (Å²) >= 11 is 0. The minimum Gasteiger partial charge on any atom is -0.465 e. The van der Waals surface area contributed by atoms with Crippen molar-refractivity contribution in [2.75, 3.05) is 20.2 Å². The Morgan fingerprint density at radius 3 is 2.55 bits per heavy atom. The van der Waals surface area contributed by atoms with Crippen molar-refractivity contribution < 1.29 is 14.3 Å². The number of Topliss-reactive ketones (excluding diaryl/α,β-unsaturated/α-hetero) is 1. The molecule has 0 aliphatic carbocycles. The Bertz CT molecular complexity index is 604. The van der Waals surface area contributed by atoms with Crippen molar-refractivity contribution in [2.24, 2.45) is 5.41 Å². The van der Waals surface area contributed by atoms with Crippen molar-refractivity contribution in [3.63, 3.8) is 0 Å². The molecule has 0 aliphatic rings. The maximum Gasteiger partial charge on any atom is 0.321 e. The standard InChI is InChI=1S/C17H22N2O3/c1-5-22-16(21)17(11-19-4,13(3)20)9-15-7-6-14(10-18)8-12(15)2/h6-8,19H,5,9,11H2,1-4H3. The second-order valence-corrected chi connectivity index (χ2v) is 5.32. The molecule has 1 N–H and O–H groups in total. The third-order valence-corrected chi connectivity index (χ3v) is 3.78. The number of nitriles is 1. The van der Waals surface area contributed by atoms with Crippen LogP contribution < -0.4 is 5.32 Å². The van der Waals surface area contributed by atoms with Crippen LogP contribution in [-0.4, -0.2) is 32.0 Å². The van der Waals surface area contributed by atoms with Gasteiger partial charge in [-0.05, 0) is 57.5 Å². The van der Waals surface area contributed by atoms with E-state index < -0.39 is 11.4 Å². The van der Waals surface area contributed by atoms with Crippen LogP contribution in [0.3, 0.4) is 0 Å². The molecule has 1 aromatic rings. The van der Waals surface area contributed by atoms with E-state index in [0.29, 0.717) is 5.56 Å². The van der Waals surface area contributed by atoms with Crippen molar-refractivity contribution in [2.45, 2.75) is 27.2 Å². The summed E-state index contributed by atoms with van der Waals surface area (Å²) in [4.78, 5) is 24.6. The molecule has 22 heavy (non-hydrogen) atoms. The fourth-order valence-corrected chi connectivity index (χ4v) is 2.46. The van der Waals surface area contributed by atoms with Crippen molar-refractivity contribution >= 4 is 11.8 Å². The van der Waals surface area contributed by atoms with E-state index in [9.17, 15) is 9.59 Å². The normalized spacial score (nSPS) is 13.0. The largest absolute Gasteiger partial charge is 0.465 e. The Hall–Kier alpha value is -2.19. The molecule has 5 heteroatoms. The monoisotopic (exact) mass is 302 g/mol. The number of hydrogen-bond acceptors (Lipinski definition) is 5. The fraction of sp³-hybridized carbons (Fsp3) is 0.471. The van der Waals surface area contributed by atoms with E-state index in [0.717, 1.165) is 11.1 Å². The molecular weight excluding hydrogens is 280 g/mol. The highest BCUT2D eigenvalue weighted by atomic mass is 16.5. The van der Waals surface area contributed by atoms with E-state index in [1.165, 1.54) is 6.92 Å². The van der Waals surface area contributed by atoms with Gasteiger partial charge in [0, 0.05) is 6.54 Å². The van der Waals surface area contributed by atoms with Gasteiger partial charge in [0.15, 0.2) is 0 Å². The number of hydrogen-bond donors (Lipinski definition) is 1. The van der Waals surface area contributed by atoms with Crippen molar-refractivity contribution in [1.82, 2.24) is 5.32 Å². The second kappa shape index (κ2) is 7.71. The lowest BCUT2D eigenvalue weighted by molar-refractivity contribution is -0.159. The number of benzene rings is 1. The number of aryl methyl sites for hydroxylation is 1. The first-order chi connectivity index (χ1) is 10.4. The average molecular weight is 302 g/mol. The van der Waals surface area contributed by atoms with Gasteiger partial charge in [-0.15, -0.1) is 0 Å². The van der Waals surface area contributed by atoms with Crippen molar-refractivity contribution in [3.8, 4) is 6.07 Å². The maximum atomic E-state index is 12.4. The highest BCUT2D eigenvalue weighted by molar-refractivity contribution is 6.03. The van der Waals surface area contributed by atoms with Crippen LogP contribution in [0.15, 0.2) is 18.2 Å². The number of ether oxygens (including phenoxy) is 1. The molecule has 0 saturated carbocycles. The second-order valence-electron chi connectivity index (χ2n) is 5.32. The summed E-state index contributed by atoms with van der Waals surface area (Å²) in [6.45, 7) is 5.43. The first-order valence-electron chi connectivity index (χ1n) is 7.23. The van der Waals surface area contributed by atoms with E-state index in [1.807, 2.05) is 6.92 Å². The molecule has 0 radical (unpaired) electrons. The number of carbonyl (C=O) groups excluding carboxylic acids is 2. The van der Waals surface area contributed by atoms with Crippen molar-refractivity contribution in [1.29, 1.82) is 5.26 Å². The van der Waals surface area contributed by atoms with Gasteiger partial charge in [-0.2, -0.15) is 5.26 Å². The van der Waals surface area contributed by atoms with Gasteiger partial charge in [0.05, 0.1) is 18.2 Å². The Labute approximate surface area is 131 Å². The third kappa shape index (κ3) is 3.71. The number of esters is 1. The molecule has 0 spiro atoms. The molecule has 0 aromatic heterocycles. The molecule has 1 unspecified atom stereocenters. The van der Waals surface area contributed by atoms with Gasteiger partial charge in [-0.3, -0.25) is 9.59 Å². The predicted molar refractivity (Wildman–Crippen MR) is 83.3 cm³/mol. The minimum atomic E-state index is -1.25. The van der Waals surface area contributed by atoms with E-state index in [1.54, 1.807) is 32.2 Å². The van der Waals surface area contributed by atoms with E-state index in [4.69, 9.17) is 10.00 Å². The summed E-state index contributed by atoms with van der Waals surface area (Å²) in [5.74, 6) is -0.746. The molecule has 5 nitrogen and oxygen atoms in total. The maximum absolute atomic E-state index is 12.4. The number of nitrogens with one attached hydrogen (secondary N) is 1. The van der Waals surface area contributed by atoms with Crippen LogP contribution in [0, 0.1) is 23.7 Å². The first kappa shape index (κ1) is 17.9. The van der Waals surface area contributed by atoms with Crippen LogP contribution >= 0.6 is 0 Å². The molecule has 0 heterocycles. The lowest BCUT2D eigenvalue weighted by Gasteiger charge is -2.29. The Kier molecular flexibility index (Phi) is 6.26. The molecule has 1 atom stereocenters. The van der Waals surface area contributed by atoms with Gasteiger partial charge >= 0.3 is 5.97 Å². The Morgan fingerprint density at radius 1 is 1.41 bits per heavy atom. The minimum absolute atomic E-state index is 0.209. The molecule has 0 saturated heterocycles. The predicted octanol–water partition coefficient (Wildman–Crippen LogP) is 1.77. The van der Waals surface area contributed by atoms with Crippen LogP contribution in [0.1, 0.15) is 30.5 Å². The van der Waals surface area contributed by atoms with E-state index in [2.05, 4.69) is 11.4 Å². The van der Waals surface area contributed by atoms with Gasteiger partial charge in [0.2, 0.25) is 0 Å².